The van der Waals surface area contributed by atoms with Crippen molar-refractivity contribution in [2.24, 2.45) is 0 Å². The van der Waals surface area contributed by atoms with Crippen molar-refractivity contribution in [1.82, 2.24) is 14.8 Å². The highest BCUT2D eigenvalue weighted by Crippen LogP contribution is 2.30. The Morgan fingerprint density at radius 1 is 1.25 bits per heavy atom. The number of nitrogens with one attached hydrogen (secondary N) is 1. The second-order valence-electron chi connectivity index (χ2n) is 5.08. The van der Waals surface area contributed by atoms with Crippen LogP contribution in [0.2, 0.25) is 0 Å². The number of carbonyl (C=O) groups excluding carboxylic acids is 1. The fraction of sp³-hybridized carbons (Fsp3) is 0.357. The molecular weight excluding hydrogens is 256 g/mol. The molecule has 1 heterocycles. The van der Waals surface area contributed by atoms with Crippen molar-refractivity contribution in [3.05, 3.63) is 36.9 Å². The zero-order valence-corrected chi connectivity index (χ0v) is 11.0. The van der Waals surface area contributed by atoms with Crippen molar-refractivity contribution in [1.29, 1.82) is 0 Å². The van der Waals surface area contributed by atoms with Gasteiger partial charge in [-0.05, 0) is 49.9 Å². The summed E-state index contributed by atoms with van der Waals surface area (Å²) >= 11 is 0. The van der Waals surface area contributed by atoms with Crippen LogP contribution in [0.5, 0.6) is 0 Å². The first-order valence-electron chi connectivity index (χ1n) is 6.66. The molecule has 6 nitrogen and oxygen atoms in total. The van der Waals surface area contributed by atoms with Gasteiger partial charge < -0.3 is 10.4 Å². The van der Waals surface area contributed by atoms with Crippen molar-refractivity contribution in [3.63, 3.8) is 0 Å². The van der Waals surface area contributed by atoms with Crippen LogP contribution < -0.4 is 5.32 Å². The molecule has 0 radical (unpaired) electrons. The molecule has 1 aliphatic rings. The van der Waals surface area contributed by atoms with Gasteiger partial charge in [0.1, 0.15) is 18.3 Å². The normalized spacial score (nSPS) is 17.1. The third-order valence-electron chi connectivity index (χ3n) is 3.66. The highest BCUT2D eigenvalue weighted by molar-refractivity contribution is 5.97. The molecule has 2 N–H and O–H groups in total. The zero-order valence-electron chi connectivity index (χ0n) is 11.0. The molecule has 104 valence electrons. The Labute approximate surface area is 116 Å². The maximum Gasteiger partial charge on any atom is 0.256 e. The number of hydrogen-bond acceptors (Lipinski definition) is 4. The monoisotopic (exact) mass is 272 g/mol. The van der Waals surface area contributed by atoms with Crippen LogP contribution >= 0.6 is 0 Å². The van der Waals surface area contributed by atoms with E-state index >= 15 is 0 Å². The number of benzene rings is 1. The van der Waals surface area contributed by atoms with Gasteiger partial charge in [0.2, 0.25) is 0 Å². The topological polar surface area (TPSA) is 80.0 Å². The lowest BCUT2D eigenvalue weighted by Crippen LogP contribution is -2.40. The number of nitrogens with zero attached hydrogens (tertiary/aromatic N) is 3. The summed E-state index contributed by atoms with van der Waals surface area (Å²) in [6.45, 7) is 0. The summed E-state index contributed by atoms with van der Waals surface area (Å²) in [5, 5.41) is 17.0. The molecule has 0 atom stereocenters. The summed E-state index contributed by atoms with van der Waals surface area (Å²) in [5.74, 6) is -0.316. The lowest BCUT2D eigenvalue weighted by atomic mass is 10.0. The maximum absolute atomic E-state index is 12.1. The Morgan fingerprint density at radius 3 is 2.55 bits per heavy atom. The highest BCUT2D eigenvalue weighted by Gasteiger charge is 2.38. The van der Waals surface area contributed by atoms with E-state index < -0.39 is 5.60 Å². The third kappa shape index (κ3) is 2.42. The quantitative estimate of drug-likeness (QED) is 0.887. The molecular formula is C14H16N4O2. The number of anilines is 1. The minimum atomic E-state index is -1.20. The molecule has 0 bridgehead atoms. The summed E-state index contributed by atoms with van der Waals surface area (Å²) in [5.41, 5.74) is 0.323. The maximum atomic E-state index is 12.1. The van der Waals surface area contributed by atoms with Crippen molar-refractivity contribution in [2.75, 3.05) is 5.32 Å². The highest BCUT2D eigenvalue weighted by atomic mass is 16.3. The number of aromatic nitrogens is 3. The van der Waals surface area contributed by atoms with Crippen LogP contribution in [0.1, 0.15) is 25.7 Å². The van der Waals surface area contributed by atoms with E-state index in [1.807, 2.05) is 12.1 Å². The smallest absolute Gasteiger partial charge is 0.256 e. The fourth-order valence-electron chi connectivity index (χ4n) is 2.47. The SMILES string of the molecule is O=C(Nc1ccc(-n2cncn2)cc1)C1(O)CCCC1. The van der Waals surface area contributed by atoms with E-state index in [1.165, 1.54) is 6.33 Å². The standard InChI is InChI=1S/C14H16N4O2/c19-13(14(20)7-1-2-8-14)17-11-3-5-12(6-4-11)18-10-15-9-16-18/h3-6,9-10,20H,1-2,7-8H2,(H,17,19). The summed E-state index contributed by atoms with van der Waals surface area (Å²) < 4.78 is 1.64. The molecule has 0 unspecified atom stereocenters. The average molecular weight is 272 g/mol. The van der Waals surface area contributed by atoms with E-state index in [0.717, 1.165) is 18.5 Å². The summed E-state index contributed by atoms with van der Waals surface area (Å²) in [6.07, 6.45) is 5.94. The molecule has 6 heteroatoms. The Morgan fingerprint density at radius 2 is 1.95 bits per heavy atom. The molecule has 3 rings (SSSR count). The molecule has 1 amide bonds. The Hall–Kier alpha value is -2.21. The van der Waals surface area contributed by atoms with E-state index in [1.54, 1.807) is 23.1 Å². The summed E-state index contributed by atoms with van der Waals surface area (Å²) in [7, 11) is 0. The Kier molecular flexibility index (Phi) is 3.23. The molecule has 2 aromatic rings. The molecule has 1 saturated carbocycles. The predicted octanol–water partition coefficient (Wildman–Crippen LogP) is 1.51. The van der Waals surface area contributed by atoms with E-state index in [2.05, 4.69) is 15.4 Å². The summed E-state index contributed by atoms with van der Waals surface area (Å²) in [6, 6.07) is 7.24. The van der Waals surface area contributed by atoms with Crippen molar-refractivity contribution < 1.29 is 9.90 Å². The first-order chi connectivity index (χ1) is 9.67. The van der Waals surface area contributed by atoms with Gasteiger partial charge in [-0.15, -0.1) is 0 Å². The second kappa shape index (κ2) is 5.05. The molecule has 1 aliphatic carbocycles. The summed E-state index contributed by atoms with van der Waals surface area (Å²) in [4.78, 5) is 15.9. The first kappa shape index (κ1) is 12.8. The van der Waals surface area contributed by atoms with E-state index in [9.17, 15) is 9.90 Å². The first-order valence-corrected chi connectivity index (χ1v) is 6.66. The van der Waals surface area contributed by atoms with Crippen LogP contribution in [0.4, 0.5) is 5.69 Å². The van der Waals surface area contributed by atoms with Gasteiger partial charge in [0.25, 0.3) is 5.91 Å². The molecule has 0 aliphatic heterocycles. The van der Waals surface area contributed by atoms with E-state index in [0.29, 0.717) is 18.5 Å². The lowest BCUT2D eigenvalue weighted by Gasteiger charge is -2.20. The van der Waals surface area contributed by atoms with Crippen molar-refractivity contribution >= 4 is 11.6 Å². The molecule has 0 saturated heterocycles. The van der Waals surface area contributed by atoms with Gasteiger partial charge in [-0.25, -0.2) is 9.67 Å². The Balaban J connectivity index is 1.71. The van der Waals surface area contributed by atoms with Gasteiger partial charge in [-0.3, -0.25) is 4.79 Å². The molecule has 1 aromatic carbocycles. The van der Waals surface area contributed by atoms with Crippen LogP contribution in [0, 0.1) is 0 Å². The number of hydrogen-bond donors (Lipinski definition) is 2. The van der Waals surface area contributed by atoms with Gasteiger partial charge in [0.05, 0.1) is 5.69 Å². The van der Waals surface area contributed by atoms with Crippen LogP contribution in [0.15, 0.2) is 36.9 Å². The number of amides is 1. The molecule has 20 heavy (non-hydrogen) atoms. The van der Waals surface area contributed by atoms with Gasteiger partial charge in [0.15, 0.2) is 0 Å². The third-order valence-corrected chi connectivity index (χ3v) is 3.66. The second-order valence-corrected chi connectivity index (χ2v) is 5.08. The van der Waals surface area contributed by atoms with Gasteiger partial charge in [-0.1, -0.05) is 0 Å². The van der Waals surface area contributed by atoms with E-state index in [4.69, 9.17) is 0 Å². The van der Waals surface area contributed by atoms with Crippen molar-refractivity contribution in [2.45, 2.75) is 31.3 Å². The van der Waals surface area contributed by atoms with Gasteiger partial charge >= 0.3 is 0 Å². The van der Waals surface area contributed by atoms with Crippen LogP contribution in [-0.4, -0.2) is 31.4 Å². The predicted molar refractivity (Wildman–Crippen MR) is 73.4 cm³/mol. The number of aliphatic hydroxyl groups is 1. The van der Waals surface area contributed by atoms with Gasteiger partial charge in [-0.2, -0.15) is 5.10 Å². The lowest BCUT2D eigenvalue weighted by molar-refractivity contribution is -0.133. The van der Waals surface area contributed by atoms with Crippen LogP contribution in [0.25, 0.3) is 5.69 Å². The Bertz CT molecular complexity index is 586. The number of rotatable bonds is 3. The van der Waals surface area contributed by atoms with Crippen molar-refractivity contribution in [3.8, 4) is 5.69 Å². The molecule has 1 aromatic heterocycles. The van der Waals surface area contributed by atoms with Crippen LogP contribution in [-0.2, 0) is 4.79 Å². The minimum Gasteiger partial charge on any atom is -0.380 e. The molecule has 0 spiro atoms. The van der Waals surface area contributed by atoms with Crippen LogP contribution in [0.3, 0.4) is 0 Å². The van der Waals surface area contributed by atoms with Gasteiger partial charge in [0, 0.05) is 5.69 Å². The molecule has 1 fully saturated rings. The largest absolute Gasteiger partial charge is 0.380 e. The minimum absolute atomic E-state index is 0.316. The fourth-order valence-corrected chi connectivity index (χ4v) is 2.47. The average Bonchev–Trinajstić information content (AvgIpc) is 3.11. The number of carbonyl (C=O) groups is 1. The zero-order chi connectivity index (χ0) is 14.0. The van der Waals surface area contributed by atoms with E-state index in [-0.39, 0.29) is 5.91 Å².